The molecular formula is C13H21NO3S. The second-order valence-electron chi connectivity index (χ2n) is 4.83. The van der Waals surface area contributed by atoms with Crippen LogP contribution in [-0.4, -0.2) is 23.4 Å². The second kappa shape index (κ2) is 7.46. The molecule has 0 saturated heterocycles. The van der Waals surface area contributed by atoms with Crippen molar-refractivity contribution >= 4 is 23.8 Å². The van der Waals surface area contributed by atoms with E-state index in [1.165, 1.54) is 0 Å². The molecule has 0 aliphatic heterocycles. The van der Waals surface area contributed by atoms with Crippen LogP contribution >= 0.6 is 12.6 Å². The van der Waals surface area contributed by atoms with Crippen LogP contribution in [0.4, 0.5) is 4.79 Å². The Bertz CT molecular complexity index is 328. The van der Waals surface area contributed by atoms with E-state index in [2.05, 4.69) is 17.9 Å². The van der Waals surface area contributed by atoms with E-state index in [0.29, 0.717) is 0 Å². The smallest absolute Gasteiger partial charge is 0.364 e. The number of thiol groups is 1. The van der Waals surface area contributed by atoms with Gasteiger partial charge in [-0.25, -0.2) is 4.79 Å². The van der Waals surface area contributed by atoms with Crippen LogP contribution in [0.25, 0.3) is 0 Å². The number of carbonyl (C=O) groups is 2. The van der Waals surface area contributed by atoms with Gasteiger partial charge in [-0.1, -0.05) is 39.0 Å². The summed E-state index contributed by atoms with van der Waals surface area (Å²) in [5, 5.41) is 2.32. The molecule has 1 rings (SSSR count). The monoisotopic (exact) mass is 271 g/mol. The van der Waals surface area contributed by atoms with Gasteiger partial charge in [-0.3, -0.25) is 4.79 Å². The van der Waals surface area contributed by atoms with Gasteiger partial charge in [0.15, 0.2) is 0 Å². The fraction of sp³-hybridized carbons (Fsp3) is 0.692. The first-order valence-corrected chi connectivity index (χ1v) is 6.82. The number of allylic oxidation sites excluding steroid dienone is 1. The molecule has 1 amide bonds. The van der Waals surface area contributed by atoms with Crippen LogP contribution in [0.3, 0.4) is 0 Å². The minimum Gasteiger partial charge on any atom is -0.448 e. The Morgan fingerprint density at radius 3 is 2.72 bits per heavy atom. The molecule has 0 radical (unpaired) electrons. The first-order valence-electron chi connectivity index (χ1n) is 6.37. The Morgan fingerprint density at radius 1 is 1.39 bits per heavy atom. The Balaban J connectivity index is 2.72. The third kappa shape index (κ3) is 5.12. The number of nitrogens with one attached hydrogen (secondary N) is 1. The molecule has 0 fully saturated rings. The van der Waals surface area contributed by atoms with Crippen molar-refractivity contribution in [1.29, 1.82) is 0 Å². The van der Waals surface area contributed by atoms with Crippen molar-refractivity contribution in [2.75, 3.05) is 0 Å². The van der Waals surface area contributed by atoms with Crippen molar-refractivity contribution in [2.45, 2.75) is 51.7 Å². The standard InChI is InChI=1S/C13H21NO3S/c1-9(2)12(15)14-10-7-5-3-4-6-8-11(10)17-13(16)18/h6,8-11H,3-5,7H2,1-2H3,(H,14,15)(H,16,18). The summed E-state index contributed by atoms with van der Waals surface area (Å²) in [5.41, 5.74) is 0. The van der Waals surface area contributed by atoms with Crippen molar-refractivity contribution in [2.24, 2.45) is 5.92 Å². The molecule has 0 spiro atoms. The van der Waals surface area contributed by atoms with Gasteiger partial charge in [-0.2, -0.15) is 0 Å². The molecule has 1 N–H and O–H groups in total. The van der Waals surface area contributed by atoms with Crippen LogP contribution < -0.4 is 5.32 Å². The average molecular weight is 271 g/mol. The number of ether oxygens (including phenoxy) is 1. The van der Waals surface area contributed by atoms with Crippen molar-refractivity contribution in [3.63, 3.8) is 0 Å². The molecule has 18 heavy (non-hydrogen) atoms. The zero-order valence-corrected chi connectivity index (χ0v) is 11.8. The molecule has 0 bridgehead atoms. The van der Waals surface area contributed by atoms with Gasteiger partial charge in [0, 0.05) is 5.92 Å². The second-order valence-corrected chi connectivity index (χ2v) is 5.20. The van der Waals surface area contributed by atoms with Crippen LogP contribution in [-0.2, 0) is 9.53 Å². The van der Waals surface area contributed by atoms with Crippen molar-refractivity contribution < 1.29 is 14.3 Å². The average Bonchev–Trinajstić information content (AvgIpc) is 2.26. The number of rotatable bonds is 3. The SMILES string of the molecule is CC(C)C(=O)NC1CCCCC=CC1OC(=O)S. The predicted molar refractivity (Wildman–Crippen MR) is 73.6 cm³/mol. The van der Waals surface area contributed by atoms with Gasteiger partial charge in [0.25, 0.3) is 0 Å². The highest BCUT2D eigenvalue weighted by atomic mass is 32.1. The van der Waals surface area contributed by atoms with Crippen LogP contribution in [0.1, 0.15) is 39.5 Å². The van der Waals surface area contributed by atoms with E-state index in [9.17, 15) is 9.59 Å². The maximum atomic E-state index is 11.7. The molecule has 1 aliphatic rings. The van der Waals surface area contributed by atoms with E-state index in [1.54, 1.807) is 0 Å². The Morgan fingerprint density at radius 2 is 2.11 bits per heavy atom. The summed E-state index contributed by atoms with van der Waals surface area (Å²) >= 11 is 3.63. The fourth-order valence-corrected chi connectivity index (χ4v) is 2.02. The topological polar surface area (TPSA) is 55.4 Å². The van der Waals surface area contributed by atoms with E-state index >= 15 is 0 Å². The quantitative estimate of drug-likeness (QED) is 0.471. The zero-order chi connectivity index (χ0) is 13.5. The van der Waals surface area contributed by atoms with E-state index < -0.39 is 11.4 Å². The summed E-state index contributed by atoms with van der Waals surface area (Å²) in [6.07, 6.45) is 7.31. The summed E-state index contributed by atoms with van der Waals surface area (Å²) in [6.45, 7) is 3.68. The van der Waals surface area contributed by atoms with Gasteiger partial charge in [-0.15, -0.1) is 0 Å². The van der Waals surface area contributed by atoms with Crippen LogP contribution in [0, 0.1) is 5.92 Å². The molecule has 102 valence electrons. The molecule has 0 aromatic rings. The highest BCUT2D eigenvalue weighted by molar-refractivity contribution is 7.96. The summed E-state index contributed by atoms with van der Waals surface area (Å²) in [6, 6.07) is -0.160. The van der Waals surface area contributed by atoms with Gasteiger partial charge < -0.3 is 10.1 Å². The largest absolute Gasteiger partial charge is 0.448 e. The lowest BCUT2D eigenvalue weighted by Crippen LogP contribution is -2.45. The van der Waals surface area contributed by atoms with E-state index in [-0.39, 0.29) is 17.9 Å². The number of hydrogen-bond acceptors (Lipinski definition) is 3. The highest BCUT2D eigenvalue weighted by Gasteiger charge is 2.25. The highest BCUT2D eigenvalue weighted by Crippen LogP contribution is 2.16. The summed E-state index contributed by atoms with van der Waals surface area (Å²) in [5.74, 6) is -0.0963. The van der Waals surface area contributed by atoms with Gasteiger partial charge in [0.2, 0.25) is 5.91 Å². The molecular weight excluding hydrogens is 250 g/mol. The maximum Gasteiger partial charge on any atom is 0.364 e. The maximum absolute atomic E-state index is 11.7. The first kappa shape index (κ1) is 15.1. The summed E-state index contributed by atoms with van der Waals surface area (Å²) in [4.78, 5) is 22.7. The minimum absolute atomic E-state index is 0.0193. The molecule has 0 saturated carbocycles. The minimum atomic E-state index is -0.617. The van der Waals surface area contributed by atoms with Gasteiger partial charge in [-0.05, 0) is 25.3 Å². The van der Waals surface area contributed by atoms with Gasteiger partial charge >= 0.3 is 5.30 Å². The molecule has 0 aromatic heterocycles. The number of amides is 1. The van der Waals surface area contributed by atoms with Crippen molar-refractivity contribution in [3.8, 4) is 0 Å². The number of carbonyl (C=O) groups excluding carboxylic acids is 2. The van der Waals surface area contributed by atoms with E-state index in [4.69, 9.17) is 4.74 Å². The zero-order valence-electron chi connectivity index (χ0n) is 10.9. The molecule has 4 nitrogen and oxygen atoms in total. The molecule has 0 aromatic carbocycles. The third-order valence-corrected chi connectivity index (χ3v) is 3.05. The molecule has 1 aliphatic carbocycles. The lowest BCUT2D eigenvalue weighted by molar-refractivity contribution is -0.125. The lowest BCUT2D eigenvalue weighted by atomic mass is 9.98. The molecule has 5 heteroatoms. The Kier molecular flexibility index (Phi) is 6.25. The van der Waals surface area contributed by atoms with Crippen LogP contribution in [0.5, 0.6) is 0 Å². The molecule has 2 unspecified atom stereocenters. The van der Waals surface area contributed by atoms with E-state index in [1.807, 2.05) is 26.0 Å². The van der Waals surface area contributed by atoms with Crippen molar-refractivity contribution in [3.05, 3.63) is 12.2 Å². The normalized spacial score (nSPS) is 24.2. The summed E-state index contributed by atoms with van der Waals surface area (Å²) in [7, 11) is 0. The molecule has 0 heterocycles. The third-order valence-electron chi connectivity index (χ3n) is 2.95. The van der Waals surface area contributed by atoms with Gasteiger partial charge in [0.1, 0.15) is 6.10 Å². The Hall–Kier alpha value is -0.970. The van der Waals surface area contributed by atoms with E-state index in [0.717, 1.165) is 25.7 Å². The molecule has 2 atom stereocenters. The van der Waals surface area contributed by atoms with Crippen molar-refractivity contribution in [1.82, 2.24) is 5.32 Å². The fourth-order valence-electron chi connectivity index (χ4n) is 1.90. The van der Waals surface area contributed by atoms with Crippen LogP contribution in [0.15, 0.2) is 12.2 Å². The summed E-state index contributed by atoms with van der Waals surface area (Å²) < 4.78 is 5.14. The van der Waals surface area contributed by atoms with Gasteiger partial charge in [0.05, 0.1) is 6.04 Å². The predicted octanol–water partition coefficient (Wildman–Crippen LogP) is 2.69. The lowest BCUT2D eigenvalue weighted by Gasteiger charge is -2.27. The first-order chi connectivity index (χ1) is 8.50. The Labute approximate surface area is 114 Å². The van der Waals surface area contributed by atoms with Crippen LogP contribution in [0.2, 0.25) is 0 Å². The number of hydrogen-bond donors (Lipinski definition) is 2.